The van der Waals surface area contributed by atoms with E-state index in [9.17, 15) is 9.59 Å². The number of rotatable bonds is 3. The number of amides is 4. The van der Waals surface area contributed by atoms with Gasteiger partial charge in [0.1, 0.15) is 0 Å². The molecule has 2 aromatic rings. The fraction of sp³-hybridized carbons (Fsp3) is 0.333. The summed E-state index contributed by atoms with van der Waals surface area (Å²) in [5.74, 6) is 0. The van der Waals surface area contributed by atoms with Gasteiger partial charge in [0, 0.05) is 38.8 Å². The molecule has 2 atom stereocenters. The minimum atomic E-state index is -0.978. The third kappa shape index (κ3) is 1.75. The SMILES string of the molecule is CCN1C(=O)N(C)[C@]2(c3ccccc3)N(C)C(=O)N(C)[C@]12c1ccccc1. The van der Waals surface area contributed by atoms with Crippen LogP contribution in [0.2, 0.25) is 0 Å². The molecule has 0 bridgehead atoms. The fourth-order valence-electron chi connectivity index (χ4n) is 5.10. The summed E-state index contributed by atoms with van der Waals surface area (Å²) >= 11 is 0. The van der Waals surface area contributed by atoms with E-state index in [0.29, 0.717) is 6.54 Å². The first-order valence-electron chi connectivity index (χ1n) is 9.13. The van der Waals surface area contributed by atoms with Crippen molar-refractivity contribution in [2.45, 2.75) is 18.2 Å². The normalized spacial score (nSPS) is 27.6. The van der Waals surface area contributed by atoms with E-state index >= 15 is 0 Å². The molecular weight excluding hydrogens is 340 g/mol. The highest BCUT2D eigenvalue weighted by molar-refractivity contribution is 5.89. The molecule has 2 heterocycles. The summed E-state index contributed by atoms with van der Waals surface area (Å²) < 4.78 is 0. The minimum absolute atomic E-state index is 0.101. The zero-order valence-electron chi connectivity index (χ0n) is 16.1. The molecule has 4 rings (SSSR count). The van der Waals surface area contributed by atoms with Crippen LogP contribution < -0.4 is 0 Å². The Labute approximate surface area is 159 Å². The summed E-state index contributed by atoms with van der Waals surface area (Å²) in [5, 5.41) is 0. The van der Waals surface area contributed by atoms with E-state index in [0.717, 1.165) is 11.1 Å². The third-order valence-corrected chi connectivity index (χ3v) is 6.09. The number of hydrogen-bond acceptors (Lipinski definition) is 2. The van der Waals surface area contributed by atoms with Gasteiger partial charge in [-0.2, -0.15) is 0 Å². The zero-order chi connectivity index (χ0) is 19.4. The first-order valence-corrected chi connectivity index (χ1v) is 9.13. The summed E-state index contributed by atoms with van der Waals surface area (Å²) in [6.45, 7) is 2.44. The smallest absolute Gasteiger partial charge is 0.296 e. The molecule has 0 N–H and O–H groups in total. The summed E-state index contributed by atoms with van der Waals surface area (Å²) in [4.78, 5) is 33.6. The van der Waals surface area contributed by atoms with Crippen LogP contribution in [-0.2, 0) is 11.3 Å². The zero-order valence-corrected chi connectivity index (χ0v) is 16.1. The molecule has 2 aromatic carbocycles. The lowest BCUT2D eigenvalue weighted by atomic mass is 9.80. The van der Waals surface area contributed by atoms with Crippen LogP contribution >= 0.6 is 0 Å². The van der Waals surface area contributed by atoms with E-state index in [2.05, 4.69) is 0 Å². The van der Waals surface area contributed by atoms with E-state index in [4.69, 9.17) is 0 Å². The maximum Gasteiger partial charge on any atom is 0.324 e. The van der Waals surface area contributed by atoms with E-state index < -0.39 is 11.3 Å². The second-order valence-electron chi connectivity index (χ2n) is 7.06. The van der Waals surface area contributed by atoms with Gasteiger partial charge in [-0.3, -0.25) is 19.6 Å². The van der Waals surface area contributed by atoms with Crippen molar-refractivity contribution < 1.29 is 9.59 Å². The summed E-state index contributed by atoms with van der Waals surface area (Å²) in [7, 11) is 5.34. The Morgan fingerprint density at radius 2 is 1.07 bits per heavy atom. The average Bonchev–Trinajstić information content (AvgIpc) is 3.02. The summed E-state index contributed by atoms with van der Waals surface area (Å²) in [5.41, 5.74) is -0.134. The van der Waals surface area contributed by atoms with Gasteiger partial charge < -0.3 is 0 Å². The van der Waals surface area contributed by atoms with Crippen molar-refractivity contribution in [3.8, 4) is 0 Å². The molecule has 0 spiro atoms. The second-order valence-corrected chi connectivity index (χ2v) is 7.06. The van der Waals surface area contributed by atoms with Crippen molar-refractivity contribution in [2.75, 3.05) is 27.7 Å². The van der Waals surface area contributed by atoms with Gasteiger partial charge in [0.2, 0.25) is 0 Å². The Morgan fingerprint density at radius 3 is 1.56 bits per heavy atom. The molecule has 2 saturated heterocycles. The molecular formula is C21H24N4O2. The first kappa shape index (κ1) is 17.4. The Kier molecular flexibility index (Phi) is 3.70. The quantitative estimate of drug-likeness (QED) is 0.840. The Bertz CT molecular complexity index is 888. The maximum atomic E-state index is 13.4. The van der Waals surface area contributed by atoms with E-state index in [1.807, 2.05) is 67.6 Å². The van der Waals surface area contributed by atoms with Crippen molar-refractivity contribution in [1.29, 1.82) is 0 Å². The molecule has 27 heavy (non-hydrogen) atoms. The molecule has 2 aliphatic heterocycles. The molecule has 0 unspecified atom stereocenters. The van der Waals surface area contributed by atoms with Gasteiger partial charge in [0.15, 0.2) is 11.3 Å². The molecule has 2 fully saturated rings. The Morgan fingerprint density at radius 1 is 0.667 bits per heavy atom. The molecule has 0 aromatic heterocycles. The van der Waals surface area contributed by atoms with Gasteiger partial charge in [-0.1, -0.05) is 60.7 Å². The van der Waals surface area contributed by atoms with E-state index in [-0.39, 0.29) is 12.1 Å². The largest absolute Gasteiger partial charge is 0.324 e. The highest BCUT2D eigenvalue weighted by Crippen LogP contribution is 2.60. The van der Waals surface area contributed by atoms with E-state index in [1.54, 1.807) is 40.7 Å². The number of urea groups is 2. The highest BCUT2D eigenvalue weighted by atomic mass is 16.2. The summed E-state index contributed by atoms with van der Waals surface area (Å²) in [6.07, 6.45) is 0. The van der Waals surface area contributed by atoms with Gasteiger partial charge in [-0.15, -0.1) is 0 Å². The van der Waals surface area contributed by atoms with Crippen LogP contribution in [-0.4, -0.2) is 59.3 Å². The third-order valence-electron chi connectivity index (χ3n) is 6.09. The molecule has 6 nitrogen and oxygen atoms in total. The van der Waals surface area contributed by atoms with Crippen molar-refractivity contribution in [1.82, 2.24) is 19.6 Å². The van der Waals surface area contributed by atoms with Crippen LogP contribution in [0.3, 0.4) is 0 Å². The van der Waals surface area contributed by atoms with Crippen molar-refractivity contribution in [2.24, 2.45) is 0 Å². The Balaban J connectivity index is 2.17. The van der Waals surface area contributed by atoms with Crippen molar-refractivity contribution in [3.63, 3.8) is 0 Å². The van der Waals surface area contributed by atoms with Gasteiger partial charge in [0.25, 0.3) is 0 Å². The molecule has 4 amide bonds. The number of carbonyl (C=O) groups is 2. The maximum absolute atomic E-state index is 13.4. The fourth-order valence-corrected chi connectivity index (χ4v) is 5.10. The lowest BCUT2D eigenvalue weighted by molar-refractivity contribution is -0.0538. The lowest BCUT2D eigenvalue weighted by Crippen LogP contribution is -2.62. The lowest BCUT2D eigenvalue weighted by Gasteiger charge is -2.48. The number of benzene rings is 2. The minimum Gasteiger partial charge on any atom is -0.296 e. The van der Waals surface area contributed by atoms with Crippen molar-refractivity contribution >= 4 is 12.1 Å². The molecule has 2 aliphatic rings. The van der Waals surface area contributed by atoms with Crippen LogP contribution in [0.5, 0.6) is 0 Å². The predicted octanol–water partition coefficient (Wildman–Crippen LogP) is 3.08. The topological polar surface area (TPSA) is 47.1 Å². The van der Waals surface area contributed by atoms with Gasteiger partial charge in [0.05, 0.1) is 0 Å². The van der Waals surface area contributed by atoms with Crippen molar-refractivity contribution in [3.05, 3.63) is 71.8 Å². The molecule has 0 saturated carbocycles. The summed E-state index contributed by atoms with van der Waals surface area (Å²) in [6, 6.07) is 19.4. The number of fused-ring (bicyclic) bond motifs is 1. The number of likely N-dealkylation sites (N-methyl/N-ethyl adjacent to an activating group) is 4. The monoisotopic (exact) mass is 364 g/mol. The van der Waals surface area contributed by atoms with Crippen LogP contribution in [0, 0.1) is 0 Å². The van der Waals surface area contributed by atoms with Gasteiger partial charge >= 0.3 is 12.1 Å². The highest BCUT2D eigenvalue weighted by Gasteiger charge is 2.77. The molecule has 0 aliphatic carbocycles. The Hall–Kier alpha value is -3.02. The number of carbonyl (C=O) groups excluding carboxylic acids is 2. The second kappa shape index (κ2) is 5.74. The molecule has 0 radical (unpaired) electrons. The van der Waals surface area contributed by atoms with E-state index in [1.165, 1.54) is 0 Å². The van der Waals surface area contributed by atoms with Crippen LogP contribution in [0.15, 0.2) is 60.7 Å². The predicted molar refractivity (Wildman–Crippen MR) is 103 cm³/mol. The molecule has 140 valence electrons. The number of nitrogens with zero attached hydrogens (tertiary/aromatic N) is 4. The van der Waals surface area contributed by atoms with Gasteiger partial charge in [-0.25, -0.2) is 9.59 Å². The van der Waals surface area contributed by atoms with Crippen LogP contribution in [0.4, 0.5) is 9.59 Å². The average molecular weight is 364 g/mol. The first-order chi connectivity index (χ1) is 13.0. The molecule has 6 heteroatoms. The van der Waals surface area contributed by atoms with Gasteiger partial charge in [-0.05, 0) is 6.92 Å². The van der Waals surface area contributed by atoms with Crippen LogP contribution in [0.25, 0.3) is 0 Å². The number of hydrogen-bond donors (Lipinski definition) is 0. The van der Waals surface area contributed by atoms with Crippen LogP contribution in [0.1, 0.15) is 18.1 Å². The standard InChI is InChI=1S/C21H24N4O2/c1-5-25-19(27)24(4)20(16-12-8-6-9-13-16)21(25,17-14-10-7-11-15-17)23(3)18(26)22(20)2/h6-15H,5H2,1-4H3/t20-,21+/m0/s1.